The Kier molecular flexibility index (Phi) is 2.62. The molecule has 0 aliphatic rings. The molecule has 4 N–H and O–H groups in total. The molecule has 0 unspecified atom stereocenters. The summed E-state index contributed by atoms with van der Waals surface area (Å²) in [6, 6.07) is 5.76. The molecule has 2 rings (SSSR count). The van der Waals surface area contributed by atoms with E-state index in [0.717, 1.165) is 22.2 Å². The Balaban J connectivity index is 2.45. The van der Waals surface area contributed by atoms with Gasteiger partial charge in [0.1, 0.15) is 5.75 Å². The molecule has 80 valence electrons. The summed E-state index contributed by atoms with van der Waals surface area (Å²) in [6.07, 6.45) is 0.614. The number of H-pyrrole nitrogens is 1. The predicted molar refractivity (Wildman–Crippen MR) is 58.5 cm³/mol. The molecule has 0 bridgehead atoms. The molecule has 15 heavy (non-hydrogen) atoms. The molecule has 0 atom stereocenters. The van der Waals surface area contributed by atoms with Gasteiger partial charge in [0.25, 0.3) is 0 Å². The Morgan fingerprint density at radius 1 is 1.47 bits per heavy atom. The van der Waals surface area contributed by atoms with Crippen molar-refractivity contribution in [1.29, 1.82) is 0 Å². The number of rotatable bonds is 3. The predicted octanol–water partition coefficient (Wildman–Crippen LogP) is 1.61. The summed E-state index contributed by atoms with van der Waals surface area (Å²) in [5.41, 5.74) is 2.84. The van der Waals surface area contributed by atoms with Gasteiger partial charge in [0, 0.05) is 23.0 Å². The van der Waals surface area contributed by atoms with Crippen LogP contribution in [0.1, 0.15) is 11.3 Å². The third kappa shape index (κ3) is 1.82. The van der Waals surface area contributed by atoms with Crippen molar-refractivity contribution in [2.45, 2.75) is 13.3 Å². The lowest BCUT2D eigenvalue weighted by molar-refractivity contribution is 0.141. The average molecular weight is 206 g/mol. The number of aryl methyl sites for hydroxylation is 1. The van der Waals surface area contributed by atoms with E-state index >= 15 is 0 Å². The van der Waals surface area contributed by atoms with Gasteiger partial charge < -0.3 is 14.9 Å². The van der Waals surface area contributed by atoms with E-state index in [9.17, 15) is 5.11 Å². The minimum Gasteiger partial charge on any atom is -0.507 e. The normalized spacial score (nSPS) is 11.1. The monoisotopic (exact) mass is 206 g/mol. The molecular weight excluding hydrogens is 192 g/mol. The van der Waals surface area contributed by atoms with Gasteiger partial charge in [0.05, 0.1) is 6.61 Å². The van der Waals surface area contributed by atoms with Crippen molar-refractivity contribution < 1.29 is 9.94 Å². The first-order chi connectivity index (χ1) is 7.22. The molecule has 0 saturated heterocycles. The average Bonchev–Trinajstić information content (AvgIpc) is 2.59. The van der Waals surface area contributed by atoms with Crippen LogP contribution in [-0.2, 0) is 11.3 Å². The standard InChI is InChI=1S/C11H14N2O2/c1-7-6-9-10(13-7)3-2-8(11(9)14)4-5-15-12/h2-3,6,13-14H,4-5,12H2,1H3. The molecular formula is C11H14N2O2. The van der Waals surface area contributed by atoms with Gasteiger partial charge in [-0.1, -0.05) is 6.07 Å². The zero-order valence-electron chi connectivity index (χ0n) is 8.58. The lowest BCUT2D eigenvalue weighted by atomic mass is 10.1. The molecule has 1 heterocycles. The van der Waals surface area contributed by atoms with Crippen LogP contribution in [0.2, 0.25) is 0 Å². The second-order valence-electron chi connectivity index (χ2n) is 3.61. The maximum atomic E-state index is 9.97. The van der Waals surface area contributed by atoms with Crippen molar-refractivity contribution in [2.24, 2.45) is 5.90 Å². The molecule has 4 heteroatoms. The number of aromatic nitrogens is 1. The van der Waals surface area contributed by atoms with E-state index in [4.69, 9.17) is 5.90 Å². The van der Waals surface area contributed by atoms with Gasteiger partial charge in [-0.05, 0) is 24.6 Å². The van der Waals surface area contributed by atoms with E-state index in [-0.39, 0.29) is 0 Å². The van der Waals surface area contributed by atoms with Gasteiger partial charge in [-0.25, -0.2) is 5.90 Å². The Hall–Kier alpha value is -1.52. The number of fused-ring (bicyclic) bond motifs is 1. The fourth-order valence-corrected chi connectivity index (χ4v) is 1.74. The van der Waals surface area contributed by atoms with E-state index in [1.165, 1.54) is 0 Å². The van der Waals surface area contributed by atoms with Gasteiger partial charge in [-0.2, -0.15) is 0 Å². The molecule has 0 saturated carbocycles. The van der Waals surface area contributed by atoms with Gasteiger partial charge in [0.15, 0.2) is 0 Å². The van der Waals surface area contributed by atoms with Gasteiger partial charge in [-0.3, -0.25) is 0 Å². The van der Waals surface area contributed by atoms with Crippen molar-refractivity contribution in [1.82, 2.24) is 4.98 Å². The summed E-state index contributed by atoms with van der Waals surface area (Å²) in [6.45, 7) is 2.37. The van der Waals surface area contributed by atoms with E-state index in [0.29, 0.717) is 18.8 Å². The number of phenolic OH excluding ortho intramolecular Hbond substituents is 1. The van der Waals surface area contributed by atoms with Crippen LogP contribution in [0.4, 0.5) is 0 Å². The number of phenols is 1. The highest BCUT2D eigenvalue weighted by atomic mass is 16.6. The van der Waals surface area contributed by atoms with Crippen molar-refractivity contribution in [3.63, 3.8) is 0 Å². The van der Waals surface area contributed by atoms with Crippen LogP contribution in [0.5, 0.6) is 5.75 Å². The summed E-state index contributed by atoms with van der Waals surface area (Å²) in [5.74, 6) is 5.27. The zero-order valence-corrected chi connectivity index (χ0v) is 8.58. The van der Waals surface area contributed by atoms with E-state index in [1.54, 1.807) is 0 Å². The number of benzene rings is 1. The van der Waals surface area contributed by atoms with Crippen molar-refractivity contribution >= 4 is 10.9 Å². The summed E-state index contributed by atoms with van der Waals surface area (Å²) in [5, 5.41) is 10.8. The van der Waals surface area contributed by atoms with Crippen molar-refractivity contribution in [2.75, 3.05) is 6.61 Å². The first-order valence-corrected chi connectivity index (χ1v) is 4.84. The molecule has 0 aliphatic heterocycles. The van der Waals surface area contributed by atoms with Crippen molar-refractivity contribution in [3.8, 4) is 5.75 Å². The Labute approximate surface area is 87.6 Å². The minimum absolute atomic E-state index is 0.314. The number of nitrogens with two attached hydrogens (primary N) is 1. The van der Waals surface area contributed by atoms with E-state index in [1.807, 2.05) is 25.1 Å². The summed E-state index contributed by atoms with van der Waals surface area (Å²) >= 11 is 0. The lowest BCUT2D eigenvalue weighted by Crippen LogP contribution is -2.03. The largest absolute Gasteiger partial charge is 0.507 e. The molecule has 0 aliphatic carbocycles. The number of hydrogen-bond acceptors (Lipinski definition) is 3. The van der Waals surface area contributed by atoms with Crippen LogP contribution < -0.4 is 5.90 Å². The molecule has 1 aromatic carbocycles. The molecule has 4 nitrogen and oxygen atoms in total. The second kappa shape index (κ2) is 3.92. The maximum absolute atomic E-state index is 9.97. The fourth-order valence-electron chi connectivity index (χ4n) is 1.74. The Bertz CT molecular complexity index is 477. The highest BCUT2D eigenvalue weighted by Crippen LogP contribution is 2.29. The second-order valence-corrected chi connectivity index (χ2v) is 3.61. The summed E-state index contributed by atoms with van der Waals surface area (Å²) in [7, 11) is 0. The third-order valence-electron chi connectivity index (χ3n) is 2.48. The SMILES string of the molecule is Cc1cc2c(O)c(CCON)ccc2[nH]1. The summed E-state index contributed by atoms with van der Waals surface area (Å²) < 4.78 is 0. The zero-order chi connectivity index (χ0) is 10.8. The van der Waals surface area contributed by atoms with Crippen molar-refractivity contribution in [3.05, 3.63) is 29.5 Å². The molecule has 1 aromatic heterocycles. The fraction of sp³-hybridized carbons (Fsp3) is 0.273. The minimum atomic E-state index is 0.314. The van der Waals surface area contributed by atoms with Gasteiger partial charge >= 0.3 is 0 Å². The van der Waals surface area contributed by atoms with Crippen LogP contribution in [0.15, 0.2) is 18.2 Å². The van der Waals surface area contributed by atoms with Gasteiger partial charge in [0.2, 0.25) is 0 Å². The molecule has 0 fully saturated rings. The maximum Gasteiger partial charge on any atom is 0.128 e. The van der Waals surface area contributed by atoms with E-state index < -0.39 is 0 Å². The Morgan fingerprint density at radius 2 is 2.27 bits per heavy atom. The third-order valence-corrected chi connectivity index (χ3v) is 2.48. The first kappa shape index (κ1) is 10.0. The Morgan fingerprint density at radius 3 is 3.00 bits per heavy atom. The van der Waals surface area contributed by atoms with Crippen LogP contribution in [0, 0.1) is 6.92 Å². The van der Waals surface area contributed by atoms with E-state index in [2.05, 4.69) is 9.82 Å². The molecule has 2 aromatic rings. The topological polar surface area (TPSA) is 71.3 Å². The molecule has 0 spiro atoms. The van der Waals surface area contributed by atoms with Gasteiger partial charge in [-0.15, -0.1) is 0 Å². The molecule has 0 amide bonds. The number of nitrogens with one attached hydrogen (secondary N) is 1. The number of hydrogen-bond donors (Lipinski definition) is 3. The smallest absolute Gasteiger partial charge is 0.128 e. The quantitative estimate of drug-likeness (QED) is 0.668. The van der Waals surface area contributed by atoms with Crippen LogP contribution >= 0.6 is 0 Å². The van der Waals surface area contributed by atoms with Crippen LogP contribution in [0.25, 0.3) is 10.9 Å². The number of aromatic hydroxyl groups is 1. The first-order valence-electron chi connectivity index (χ1n) is 4.84. The number of aromatic amines is 1. The molecule has 0 radical (unpaired) electrons. The van der Waals surface area contributed by atoms with Crippen LogP contribution in [0.3, 0.4) is 0 Å². The highest BCUT2D eigenvalue weighted by Gasteiger charge is 2.07. The summed E-state index contributed by atoms with van der Waals surface area (Å²) in [4.78, 5) is 7.67. The highest BCUT2D eigenvalue weighted by molar-refractivity contribution is 5.87. The van der Waals surface area contributed by atoms with Crippen LogP contribution in [-0.4, -0.2) is 16.7 Å². The lowest BCUT2D eigenvalue weighted by Gasteiger charge is -2.04.